The van der Waals surface area contributed by atoms with Crippen molar-refractivity contribution in [1.29, 1.82) is 0 Å². The topological polar surface area (TPSA) is 50.8 Å². The molecule has 1 aromatic carbocycles. The molecule has 1 saturated heterocycles. The Bertz CT molecular complexity index is 579. The number of nitrogens with one attached hydrogen (secondary N) is 1. The summed E-state index contributed by atoms with van der Waals surface area (Å²) in [5, 5.41) is 2.99. The third-order valence-electron chi connectivity index (χ3n) is 5.45. The molecule has 1 aliphatic carbocycles. The number of likely N-dealkylation sites (tertiary alicyclic amines) is 1. The van der Waals surface area contributed by atoms with Crippen molar-refractivity contribution >= 4 is 11.6 Å². The Hall–Kier alpha value is -1.59. The van der Waals surface area contributed by atoms with Crippen molar-refractivity contribution in [3.8, 4) is 5.75 Å². The van der Waals surface area contributed by atoms with Gasteiger partial charge in [0.25, 0.3) is 5.91 Å². The second-order valence-electron chi connectivity index (χ2n) is 7.54. The van der Waals surface area contributed by atoms with E-state index in [0.717, 1.165) is 43.9 Å². The number of rotatable bonds is 10. The van der Waals surface area contributed by atoms with Gasteiger partial charge in [-0.3, -0.25) is 4.79 Å². The molecular weight excluding hydrogens is 328 g/mol. The third kappa shape index (κ3) is 4.98. The molecule has 0 radical (unpaired) electrons. The summed E-state index contributed by atoms with van der Waals surface area (Å²) < 4.78 is 11.6. The normalized spacial score (nSPS) is 19.9. The number of carbonyl (C=O) groups excluding carboxylic acids is 1. The van der Waals surface area contributed by atoms with Crippen molar-refractivity contribution in [3.05, 3.63) is 24.3 Å². The van der Waals surface area contributed by atoms with Crippen LogP contribution in [0.25, 0.3) is 0 Å². The van der Waals surface area contributed by atoms with Gasteiger partial charge in [0.2, 0.25) is 0 Å². The maximum atomic E-state index is 12.7. The molecule has 5 heteroatoms. The zero-order valence-electron chi connectivity index (χ0n) is 16.1. The summed E-state index contributed by atoms with van der Waals surface area (Å²) in [6.07, 6.45) is 5.84. The number of hydrogen-bond donors (Lipinski definition) is 1. The molecule has 1 N–H and O–H groups in total. The molecule has 144 valence electrons. The summed E-state index contributed by atoms with van der Waals surface area (Å²) >= 11 is 0. The maximum Gasteiger partial charge on any atom is 0.256 e. The quantitative estimate of drug-likeness (QED) is 0.647. The van der Waals surface area contributed by atoms with Crippen molar-refractivity contribution in [1.82, 2.24) is 4.90 Å². The van der Waals surface area contributed by atoms with E-state index in [1.54, 1.807) is 0 Å². The van der Waals surface area contributed by atoms with Gasteiger partial charge in [-0.1, -0.05) is 0 Å². The minimum absolute atomic E-state index is 0.0545. The molecule has 1 atom stereocenters. The second kappa shape index (κ2) is 8.87. The van der Waals surface area contributed by atoms with Gasteiger partial charge >= 0.3 is 0 Å². The lowest BCUT2D eigenvalue weighted by Gasteiger charge is -2.28. The molecule has 0 bridgehead atoms. The molecule has 2 fully saturated rings. The highest BCUT2D eigenvalue weighted by atomic mass is 16.5. The fourth-order valence-electron chi connectivity index (χ4n) is 3.68. The van der Waals surface area contributed by atoms with E-state index in [9.17, 15) is 4.79 Å². The number of amides is 1. The maximum absolute atomic E-state index is 12.7. The Kier molecular flexibility index (Phi) is 6.54. The van der Waals surface area contributed by atoms with Crippen LogP contribution in [0.5, 0.6) is 5.75 Å². The predicted molar refractivity (Wildman–Crippen MR) is 104 cm³/mol. The van der Waals surface area contributed by atoms with Crippen molar-refractivity contribution < 1.29 is 14.3 Å². The van der Waals surface area contributed by atoms with E-state index >= 15 is 0 Å². The summed E-state index contributed by atoms with van der Waals surface area (Å²) in [7, 11) is 0. The first kappa shape index (κ1) is 19.2. The van der Waals surface area contributed by atoms with E-state index in [0.29, 0.717) is 12.5 Å². The molecule has 26 heavy (non-hydrogen) atoms. The lowest BCUT2D eigenvalue weighted by atomic mass is 9.99. The first-order chi connectivity index (χ1) is 12.6. The Morgan fingerprint density at radius 1 is 1.23 bits per heavy atom. The van der Waals surface area contributed by atoms with Gasteiger partial charge in [-0.05, 0) is 89.2 Å². The average molecular weight is 360 g/mol. The largest absolute Gasteiger partial charge is 0.494 e. The highest BCUT2D eigenvalue weighted by molar-refractivity contribution is 5.97. The molecule has 1 aliphatic heterocycles. The van der Waals surface area contributed by atoms with E-state index < -0.39 is 5.60 Å². The minimum atomic E-state index is -0.723. The van der Waals surface area contributed by atoms with Gasteiger partial charge < -0.3 is 19.7 Å². The number of anilines is 1. The molecule has 1 unspecified atom stereocenters. The summed E-state index contributed by atoms with van der Waals surface area (Å²) in [6.45, 7) is 8.69. The van der Waals surface area contributed by atoms with Gasteiger partial charge in [0, 0.05) is 18.8 Å². The number of hydrogen-bond acceptors (Lipinski definition) is 4. The first-order valence-corrected chi connectivity index (χ1v) is 10.0. The average Bonchev–Trinajstić information content (AvgIpc) is 3.38. The standard InChI is InChI=1S/C21H32N2O3/c1-3-26-21(2,17-7-8-17)20(24)22-18-9-11-19(12-10-18)25-16-6-15-23-13-4-5-14-23/h9-12,17H,3-8,13-16H2,1-2H3,(H,22,24). The van der Waals surface area contributed by atoms with Gasteiger partial charge in [0.15, 0.2) is 0 Å². The SMILES string of the molecule is CCOC(C)(C(=O)Nc1ccc(OCCCN2CCCC2)cc1)C1CC1. The highest BCUT2D eigenvalue weighted by Gasteiger charge is 2.48. The van der Waals surface area contributed by atoms with Gasteiger partial charge in [0.05, 0.1) is 6.61 Å². The summed E-state index contributed by atoms with van der Waals surface area (Å²) in [6, 6.07) is 7.63. The number of carbonyl (C=O) groups is 1. The Balaban J connectivity index is 1.44. The molecule has 2 aliphatic rings. The van der Waals surface area contributed by atoms with Crippen LogP contribution in [0.15, 0.2) is 24.3 Å². The monoisotopic (exact) mass is 360 g/mol. The van der Waals surface area contributed by atoms with Gasteiger partial charge in [-0.15, -0.1) is 0 Å². The van der Waals surface area contributed by atoms with E-state index in [1.807, 2.05) is 38.1 Å². The number of nitrogens with zero attached hydrogens (tertiary/aromatic N) is 1. The van der Waals surface area contributed by atoms with Crippen LogP contribution in [0.1, 0.15) is 46.0 Å². The van der Waals surface area contributed by atoms with Gasteiger partial charge in [0.1, 0.15) is 11.4 Å². The molecule has 1 aromatic rings. The fraction of sp³-hybridized carbons (Fsp3) is 0.667. The number of ether oxygens (including phenoxy) is 2. The fourth-order valence-corrected chi connectivity index (χ4v) is 3.68. The predicted octanol–water partition coefficient (Wildman–Crippen LogP) is 3.70. The first-order valence-electron chi connectivity index (χ1n) is 10.0. The van der Waals surface area contributed by atoms with E-state index in [-0.39, 0.29) is 5.91 Å². The van der Waals surface area contributed by atoms with Crippen molar-refractivity contribution in [2.45, 2.75) is 51.6 Å². The Labute approximate surface area is 157 Å². The minimum Gasteiger partial charge on any atom is -0.494 e. The molecule has 5 nitrogen and oxygen atoms in total. The second-order valence-corrected chi connectivity index (χ2v) is 7.54. The van der Waals surface area contributed by atoms with Crippen molar-refractivity contribution in [2.75, 3.05) is 38.2 Å². The summed E-state index contributed by atoms with van der Waals surface area (Å²) in [5.74, 6) is 1.13. The van der Waals surface area contributed by atoms with E-state index in [1.165, 1.54) is 25.9 Å². The van der Waals surface area contributed by atoms with E-state index in [4.69, 9.17) is 9.47 Å². The molecule has 0 aromatic heterocycles. The van der Waals surface area contributed by atoms with Crippen LogP contribution >= 0.6 is 0 Å². The van der Waals surface area contributed by atoms with Gasteiger partial charge in [-0.2, -0.15) is 0 Å². The van der Waals surface area contributed by atoms with Crippen LogP contribution in [0, 0.1) is 5.92 Å². The van der Waals surface area contributed by atoms with E-state index in [2.05, 4.69) is 10.2 Å². The number of benzene rings is 1. The molecular formula is C21H32N2O3. The molecule has 1 amide bonds. The lowest BCUT2D eigenvalue weighted by Crippen LogP contribution is -2.44. The van der Waals surface area contributed by atoms with Crippen molar-refractivity contribution in [3.63, 3.8) is 0 Å². The lowest BCUT2D eigenvalue weighted by molar-refractivity contribution is -0.141. The van der Waals surface area contributed by atoms with Crippen LogP contribution in [0.2, 0.25) is 0 Å². The smallest absolute Gasteiger partial charge is 0.256 e. The van der Waals surface area contributed by atoms with Crippen LogP contribution < -0.4 is 10.1 Å². The zero-order chi connectivity index (χ0) is 18.4. The van der Waals surface area contributed by atoms with Crippen LogP contribution in [0.3, 0.4) is 0 Å². The summed E-state index contributed by atoms with van der Waals surface area (Å²) in [5.41, 5.74) is 0.0606. The van der Waals surface area contributed by atoms with Crippen LogP contribution in [-0.4, -0.2) is 49.3 Å². The Morgan fingerprint density at radius 3 is 2.54 bits per heavy atom. The third-order valence-corrected chi connectivity index (χ3v) is 5.45. The summed E-state index contributed by atoms with van der Waals surface area (Å²) in [4.78, 5) is 15.2. The van der Waals surface area contributed by atoms with Crippen LogP contribution in [0.4, 0.5) is 5.69 Å². The zero-order valence-corrected chi connectivity index (χ0v) is 16.1. The Morgan fingerprint density at radius 2 is 1.92 bits per heavy atom. The molecule has 1 saturated carbocycles. The molecule has 3 rings (SSSR count). The highest BCUT2D eigenvalue weighted by Crippen LogP contribution is 2.42. The van der Waals surface area contributed by atoms with Crippen LogP contribution in [-0.2, 0) is 9.53 Å². The van der Waals surface area contributed by atoms with Gasteiger partial charge in [-0.25, -0.2) is 0 Å². The molecule has 1 heterocycles. The molecule has 0 spiro atoms. The van der Waals surface area contributed by atoms with Crippen molar-refractivity contribution in [2.24, 2.45) is 5.92 Å².